The minimum atomic E-state index is -0.661. The van der Waals surface area contributed by atoms with Crippen molar-refractivity contribution >= 4 is 11.4 Å². The summed E-state index contributed by atoms with van der Waals surface area (Å²) < 4.78 is 18.8. The zero-order valence-corrected chi connectivity index (χ0v) is 12.7. The lowest BCUT2D eigenvalue weighted by Gasteiger charge is -2.20. The molecule has 0 spiro atoms. The first-order chi connectivity index (χ1) is 10.0. The Bertz CT molecular complexity index is 483. The van der Waals surface area contributed by atoms with E-state index in [9.17, 15) is 14.5 Å². The summed E-state index contributed by atoms with van der Waals surface area (Å²) in [4.78, 5) is 12.4. The maximum Gasteiger partial charge on any atom is 0.313 e. The van der Waals surface area contributed by atoms with Gasteiger partial charge in [-0.1, -0.05) is 13.8 Å². The predicted octanol–water partition coefficient (Wildman–Crippen LogP) is 2.89. The quantitative estimate of drug-likeness (QED) is 0.561. The Labute approximate surface area is 124 Å². The summed E-state index contributed by atoms with van der Waals surface area (Å²) in [5.74, 6) is -0.606. The summed E-state index contributed by atoms with van der Waals surface area (Å²) >= 11 is 0. The second kappa shape index (κ2) is 8.41. The van der Waals surface area contributed by atoms with Crippen LogP contribution in [0.3, 0.4) is 0 Å². The number of likely N-dealkylation sites (N-methyl/N-ethyl adjacent to an activating group) is 1. The SMILES string of the molecule is CCCN(CC)CCNc1cc(OC)c([N+](=O)[O-])cc1F. The molecule has 0 saturated carbocycles. The molecule has 118 valence electrons. The Balaban J connectivity index is 2.73. The lowest BCUT2D eigenvalue weighted by atomic mass is 10.2. The average Bonchev–Trinajstić information content (AvgIpc) is 2.47. The first-order valence-corrected chi connectivity index (χ1v) is 7.01. The minimum absolute atomic E-state index is 0.0461. The Kier molecular flexibility index (Phi) is 6.87. The minimum Gasteiger partial charge on any atom is -0.490 e. The van der Waals surface area contributed by atoms with Crippen molar-refractivity contribution in [3.63, 3.8) is 0 Å². The number of methoxy groups -OCH3 is 1. The normalized spacial score (nSPS) is 10.7. The topological polar surface area (TPSA) is 67.6 Å². The van der Waals surface area contributed by atoms with Gasteiger partial charge in [0.15, 0.2) is 11.6 Å². The molecule has 0 unspecified atom stereocenters. The Hall–Kier alpha value is -1.89. The Morgan fingerprint density at radius 2 is 2.10 bits per heavy atom. The highest BCUT2D eigenvalue weighted by atomic mass is 19.1. The molecule has 1 aromatic rings. The van der Waals surface area contributed by atoms with Crippen molar-refractivity contribution < 1.29 is 14.1 Å². The van der Waals surface area contributed by atoms with Crippen molar-refractivity contribution in [3.8, 4) is 5.75 Å². The highest BCUT2D eigenvalue weighted by molar-refractivity contribution is 5.59. The Morgan fingerprint density at radius 3 is 2.62 bits per heavy atom. The molecule has 0 bridgehead atoms. The van der Waals surface area contributed by atoms with E-state index in [0.717, 1.165) is 32.1 Å². The summed E-state index contributed by atoms with van der Waals surface area (Å²) in [6.45, 7) is 7.45. The first-order valence-electron chi connectivity index (χ1n) is 7.01. The molecule has 6 nitrogen and oxygen atoms in total. The van der Waals surface area contributed by atoms with Gasteiger partial charge in [-0.3, -0.25) is 10.1 Å². The number of benzene rings is 1. The van der Waals surface area contributed by atoms with Gasteiger partial charge < -0.3 is 15.0 Å². The number of anilines is 1. The van der Waals surface area contributed by atoms with Gasteiger partial charge in [-0.2, -0.15) is 0 Å². The maximum atomic E-state index is 13.8. The van der Waals surface area contributed by atoms with Crippen molar-refractivity contribution in [2.45, 2.75) is 20.3 Å². The summed E-state index contributed by atoms with van der Waals surface area (Å²) in [6.07, 6.45) is 1.06. The molecule has 1 aromatic carbocycles. The second-order valence-corrected chi connectivity index (χ2v) is 4.62. The van der Waals surface area contributed by atoms with E-state index in [1.165, 1.54) is 13.2 Å². The molecular weight excluding hydrogens is 277 g/mol. The summed E-state index contributed by atoms with van der Waals surface area (Å²) in [5, 5.41) is 13.7. The fourth-order valence-corrected chi connectivity index (χ4v) is 2.08. The number of rotatable bonds is 9. The highest BCUT2D eigenvalue weighted by Crippen LogP contribution is 2.32. The lowest BCUT2D eigenvalue weighted by Crippen LogP contribution is -2.29. The van der Waals surface area contributed by atoms with E-state index in [2.05, 4.69) is 24.1 Å². The van der Waals surface area contributed by atoms with E-state index in [-0.39, 0.29) is 17.1 Å². The van der Waals surface area contributed by atoms with Gasteiger partial charge in [0.1, 0.15) is 0 Å². The zero-order chi connectivity index (χ0) is 15.8. The van der Waals surface area contributed by atoms with Crippen LogP contribution in [0.5, 0.6) is 5.75 Å². The van der Waals surface area contributed by atoms with Crippen molar-refractivity contribution in [3.05, 3.63) is 28.1 Å². The molecule has 21 heavy (non-hydrogen) atoms. The van der Waals surface area contributed by atoms with Crippen LogP contribution in [0.4, 0.5) is 15.8 Å². The van der Waals surface area contributed by atoms with E-state index in [1.54, 1.807) is 0 Å². The van der Waals surface area contributed by atoms with Gasteiger partial charge in [-0.05, 0) is 19.5 Å². The van der Waals surface area contributed by atoms with E-state index in [0.29, 0.717) is 6.54 Å². The van der Waals surface area contributed by atoms with Crippen LogP contribution in [0.15, 0.2) is 12.1 Å². The molecule has 0 aliphatic rings. The molecule has 1 rings (SSSR count). The molecule has 0 fully saturated rings. The predicted molar refractivity (Wildman–Crippen MR) is 80.5 cm³/mol. The van der Waals surface area contributed by atoms with Crippen molar-refractivity contribution in [2.24, 2.45) is 0 Å². The summed E-state index contributed by atoms with van der Waals surface area (Å²) in [5.41, 5.74) is -0.160. The number of nitrogens with zero attached hydrogens (tertiary/aromatic N) is 2. The third-order valence-electron chi connectivity index (χ3n) is 3.20. The maximum absolute atomic E-state index is 13.8. The van der Waals surface area contributed by atoms with Gasteiger partial charge >= 0.3 is 5.69 Å². The zero-order valence-electron chi connectivity index (χ0n) is 12.7. The number of nitrogens with one attached hydrogen (secondary N) is 1. The fraction of sp³-hybridized carbons (Fsp3) is 0.571. The number of ether oxygens (including phenoxy) is 1. The number of nitro benzene ring substituents is 1. The summed E-state index contributed by atoms with van der Waals surface area (Å²) in [7, 11) is 1.32. The molecule has 1 N–H and O–H groups in total. The second-order valence-electron chi connectivity index (χ2n) is 4.62. The molecule has 0 heterocycles. The molecule has 0 aliphatic heterocycles. The van der Waals surface area contributed by atoms with Crippen LogP contribution in [-0.2, 0) is 0 Å². The van der Waals surface area contributed by atoms with Gasteiger partial charge in [0, 0.05) is 19.2 Å². The molecule has 0 amide bonds. The van der Waals surface area contributed by atoms with Gasteiger partial charge in [0.25, 0.3) is 0 Å². The van der Waals surface area contributed by atoms with Crippen LogP contribution in [0.1, 0.15) is 20.3 Å². The van der Waals surface area contributed by atoms with E-state index in [1.807, 2.05) is 0 Å². The number of halogens is 1. The lowest BCUT2D eigenvalue weighted by molar-refractivity contribution is -0.385. The number of hydrogen-bond donors (Lipinski definition) is 1. The van der Waals surface area contributed by atoms with E-state index < -0.39 is 10.7 Å². The van der Waals surface area contributed by atoms with Crippen LogP contribution < -0.4 is 10.1 Å². The molecule has 7 heteroatoms. The van der Waals surface area contributed by atoms with Crippen LogP contribution in [-0.4, -0.2) is 43.1 Å². The molecule has 0 aliphatic carbocycles. The van der Waals surface area contributed by atoms with Crippen LogP contribution >= 0.6 is 0 Å². The van der Waals surface area contributed by atoms with Crippen molar-refractivity contribution in [1.82, 2.24) is 4.90 Å². The van der Waals surface area contributed by atoms with Crippen LogP contribution in [0.2, 0.25) is 0 Å². The first kappa shape index (κ1) is 17.2. The highest BCUT2D eigenvalue weighted by Gasteiger charge is 2.19. The van der Waals surface area contributed by atoms with E-state index in [4.69, 9.17) is 4.74 Å². The van der Waals surface area contributed by atoms with Crippen LogP contribution in [0, 0.1) is 15.9 Å². The molecule has 0 saturated heterocycles. The van der Waals surface area contributed by atoms with Gasteiger partial charge in [-0.15, -0.1) is 0 Å². The Morgan fingerprint density at radius 1 is 1.38 bits per heavy atom. The monoisotopic (exact) mass is 299 g/mol. The van der Waals surface area contributed by atoms with Gasteiger partial charge in [0.05, 0.1) is 23.8 Å². The average molecular weight is 299 g/mol. The van der Waals surface area contributed by atoms with Gasteiger partial charge in [-0.25, -0.2) is 4.39 Å². The third kappa shape index (κ3) is 4.86. The fourth-order valence-electron chi connectivity index (χ4n) is 2.08. The standard InChI is InChI=1S/C14H22FN3O3/c1-4-7-17(5-2)8-6-16-12-10-14(21-3)13(18(19)20)9-11(12)15/h9-10,16H,4-8H2,1-3H3. The molecule has 0 atom stereocenters. The molecule has 0 aromatic heterocycles. The largest absolute Gasteiger partial charge is 0.490 e. The molecular formula is C14H22FN3O3. The van der Waals surface area contributed by atoms with Gasteiger partial charge in [0.2, 0.25) is 0 Å². The van der Waals surface area contributed by atoms with Crippen LogP contribution in [0.25, 0.3) is 0 Å². The number of nitro groups is 1. The summed E-state index contributed by atoms with van der Waals surface area (Å²) in [6, 6.07) is 2.20. The van der Waals surface area contributed by atoms with E-state index >= 15 is 0 Å². The third-order valence-corrected chi connectivity index (χ3v) is 3.20. The number of hydrogen-bond acceptors (Lipinski definition) is 5. The molecule has 0 radical (unpaired) electrons. The smallest absolute Gasteiger partial charge is 0.313 e. The van der Waals surface area contributed by atoms with Crippen molar-refractivity contribution in [2.75, 3.05) is 38.6 Å². The van der Waals surface area contributed by atoms with Crippen molar-refractivity contribution in [1.29, 1.82) is 0 Å².